The van der Waals surface area contributed by atoms with Crippen LogP contribution >= 0.6 is 0 Å². The van der Waals surface area contributed by atoms with E-state index < -0.39 is 0 Å². The molecule has 3 rings (SSSR count). The molecule has 0 aromatic heterocycles. The third-order valence-electron chi connectivity index (χ3n) is 4.68. The topological polar surface area (TPSA) is 44.9 Å². The van der Waals surface area contributed by atoms with Gasteiger partial charge in [-0.2, -0.15) is 0 Å². The third-order valence-corrected chi connectivity index (χ3v) is 4.68. The van der Waals surface area contributed by atoms with Crippen molar-refractivity contribution in [3.05, 3.63) is 12.7 Å². The lowest BCUT2D eigenvalue weighted by atomic mass is 9.82. The molecule has 3 aliphatic rings. The Morgan fingerprint density at radius 3 is 3.24 bits per heavy atom. The SMILES string of the molecule is C=CCN1C(N)=NCC12CCN1CCCC1C2. The van der Waals surface area contributed by atoms with E-state index in [1.165, 1.54) is 38.8 Å². The van der Waals surface area contributed by atoms with Crippen molar-refractivity contribution in [3.63, 3.8) is 0 Å². The Hall–Kier alpha value is -1.03. The van der Waals surface area contributed by atoms with Crippen LogP contribution in [0, 0.1) is 0 Å². The first-order chi connectivity index (χ1) is 8.25. The number of piperidine rings is 1. The minimum absolute atomic E-state index is 0.198. The first kappa shape index (κ1) is 11.1. The first-order valence-corrected chi connectivity index (χ1v) is 6.68. The Morgan fingerprint density at radius 2 is 2.41 bits per heavy atom. The average molecular weight is 234 g/mol. The molecule has 0 amide bonds. The molecule has 2 unspecified atom stereocenters. The van der Waals surface area contributed by atoms with E-state index in [1.54, 1.807) is 0 Å². The molecule has 0 aromatic rings. The molecule has 2 fully saturated rings. The highest BCUT2D eigenvalue weighted by atomic mass is 15.4. The van der Waals surface area contributed by atoms with Crippen LogP contribution in [0.25, 0.3) is 0 Å². The van der Waals surface area contributed by atoms with Crippen molar-refractivity contribution in [1.82, 2.24) is 9.80 Å². The molecular formula is C13H22N4. The van der Waals surface area contributed by atoms with Crippen LogP contribution in [0.5, 0.6) is 0 Å². The van der Waals surface area contributed by atoms with Crippen molar-refractivity contribution in [1.29, 1.82) is 0 Å². The quantitative estimate of drug-likeness (QED) is 0.719. The molecule has 2 N–H and O–H groups in total. The Morgan fingerprint density at radius 1 is 1.53 bits per heavy atom. The summed E-state index contributed by atoms with van der Waals surface area (Å²) >= 11 is 0. The summed E-state index contributed by atoms with van der Waals surface area (Å²) in [6, 6.07) is 0.761. The summed E-state index contributed by atoms with van der Waals surface area (Å²) in [4.78, 5) is 9.41. The van der Waals surface area contributed by atoms with E-state index in [1.807, 2.05) is 6.08 Å². The average Bonchev–Trinajstić information content (AvgIpc) is 2.89. The first-order valence-electron chi connectivity index (χ1n) is 6.68. The van der Waals surface area contributed by atoms with E-state index in [0.717, 1.165) is 25.1 Å². The molecule has 4 heteroatoms. The number of rotatable bonds is 2. The Labute approximate surface area is 103 Å². The molecule has 0 saturated carbocycles. The van der Waals surface area contributed by atoms with Gasteiger partial charge in [-0.15, -0.1) is 6.58 Å². The van der Waals surface area contributed by atoms with Crippen LogP contribution in [0.4, 0.5) is 0 Å². The summed E-state index contributed by atoms with van der Waals surface area (Å²) in [5, 5.41) is 0. The molecular weight excluding hydrogens is 212 g/mol. The lowest BCUT2D eigenvalue weighted by Gasteiger charge is -2.47. The number of hydrogen-bond acceptors (Lipinski definition) is 4. The zero-order chi connectivity index (χ0) is 11.9. The predicted octanol–water partition coefficient (Wildman–Crippen LogP) is 0.800. The molecule has 94 valence electrons. The Balaban J connectivity index is 1.79. The molecule has 3 aliphatic heterocycles. The molecule has 1 spiro atoms. The van der Waals surface area contributed by atoms with Crippen molar-refractivity contribution in [3.8, 4) is 0 Å². The van der Waals surface area contributed by atoms with E-state index in [2.05, 4.69) is 21.4 Å². The molecule has 3 heterocycles. The highest BCUT2D eigenvalue weighted by molar-refractivity contribution is 5.81. The van der Waals surface area contributed by atoms with Gasteiger partial charge in [0.05, 0.1) is 12.1 Å². The predicted molar refractivity (Wildman–Crippen MR) is 70.0 cm³/mol. The van der Waals surface area contributed by atoms with Crippen molar-refractivity contribution in [2.75, 3.05) is 26.2 Å². The maximum absolute atomic E-state index is 6.02. The number of nitrogens with two attached hydrogens (primary N) is 1. The van der Waals surface area contributed by atoms with Crippen LogP contribution in [0.15, 0.2) is 17.6 Å². The van der Waals surface area contributed by atoms with Crippen molar-refractivity contribution in [2.24, 2.45) is 10.7 Å². The molecule has 4 nitrogen and oxygen atoms in total. The number of nitrogens with zero attached hydrogens (tertiary/aromatic N) is 3. The second-order valence-corrected chi connectivity index (χ2v) is 5.58. The van der Waals surface area contributed by atoms with Gasteiger partial charge in [-0.05, 0) is 32.2 Å². The normalized spacial score (nSPS) is 37.3. The standard InChI is InChI=1S/C13H22N4/c1-2-6-17-12(14)15-10-13(17)5-8-16-7-3-4-11(16)9-13/h2,11H,1,3-10H2,(H2,14,15). The molecule has 2 atom stereocenters. The van der Waals surface area contributed by atoms with Crippen molar-refractivity contribution in [2.45, 2.75) is 37.3 Å². The largest absolute Gasteiger partial charge is 0.370 e. The van der Waals surface area contributed by atoms with E-state index >= 15 is 0 Å². The van der Waals surface area contributed by atoms with Crippen LogP contribution in [-0.2, 0) is 0 Å². The van der Waals surface area contributed by atoms with Gasteiger partial charge in [-0.1, -0.05) is 6.08 Å². The fraction of sp³-hybridized carbons (Fsp3) is 0.769. The second-order valence-electron chi connectivity index (χ2n) is 5.58. The van der Waals surface area contributed by atoms with E-state index in [-0.39, 0.29) is 5.54 Å². The molecule has 2 saturated heterocycles. The smallest absolute Gasteiger partial charge is 0.192 e. The molecule has 0 radical (unpaired) electrons. The fourth-order valence-corrected chi connectivity index (χ4v) is 3.76. The summed E-state index contributed by atoms with van der Waals surface area (Å²) in [6.45, 7) is 8.06. The van der Waals surface area contributed by atoms with Gasteiger partial charge in [0, 0.05) is 19.1 Å². The zero-order valence-electron chi connectivity index (χ0n) is 10.4. The highest BCUT2D eigenvalue weighted by Gasteiger charge is 2.47. The van der Waals surface area contributed by atoms with E-state index in [0.29, 0.717) is 0 Å². The summed E-state index contributed by atoms with van der Waals surface area (Å²) in [7, 11) is 0. The van der Waals surface area contributed by atoms with Crippen LogP contribution < -0.4 is 5.73 Å². The monoisotopic (exact) mass is 234 g/mol. The zero-order valence-corrected chi connectivity index (χ0v) is 10.4. The van der Waals surface area contributed by atoms with E-state index in [4.69, 9.17) is 5.73 Å². The van der Waals surface area contributed by atoms with Gasteiger partial charge in [0.1, 0.15) is 0 Å². The van der Waals surface area contributed by atoms with Gasteiger partial charge in [-0.3, -0.25) is 4.99 Å². The molecule has 0 bridgehead atoms. The summed E-state index contributed by atoms with van der Waals surface area (Å²) in [6.07, 6.45) is 7.07. The highest BCUT2D eigenvalue weighted by Crippen LogP contribution is 2.39. The van der Waals surface area contributed by atoms with Gasteiger partial charge < -0.3 is 15.5 Å². The lowest BCUT2D eigenvalue weighted by molar-refractivity contribution is 0.0684. The Kier molecular flexibility index (Phi) is 2.62. The third kappa shape index (κ3) is 1.66. The summed E-state index contributed by atoms with van der Waals surface area (Å²) in [5.74, 6) is 0.719. The fourth-order valence-electron chi connectivity index (χ4n) is 3.76. The van der Waals surface area contributed by atoms with Gasteiger partial charge in [-0.25, -0.2) is 0 Å². The summed E-state index contributed by atoms with van der Waals surface area (Å²) in [5.41, 5.74) is 6.22. The van der Waals surface area contributed by atoms with Crippen molar-refractivity contribution >= 4 is 5.96 Å². The molecule has 17 heavy (non-hydrogen) atoms. The Bertz CT molecular complexity index is 351. The van der Waals surface area contributed by atoms with Crippen LogP contribution in [0.3, 0.4) is 0 Å². The summed E-state index contributed by atoms with van der Waals surface area (Å²) < 4.78 is 0. The van der Waals surface area contributed by atoms with Gasteiger partial charge in [0.25, 0.3) is 0 Å². The maximum Gasteiger partial charge on any atom is 0.192 e. The maximum atomic E-state index is 6.02. The van der Waals surface area contributed by atoms with Crippen LogP contribution in [0.2, 0.25) is 0 Å². The van der Waals surface area contributed by atoms with Gasteiger partial charge >= 0.3 is 0 Å². The number of guanidine groups is 1. The second kappa shape index (κ2) is 4.02. The van der Waals surface area contributed by atoms with Crippen LogP contribution in [-0.4, -0.2) is 53.5 Å². The van der Waals surface area contributed by atoms with Gasteiger partial charge in [0.2, 0.25) is 0 Å². The minimum atomic E-state index is 0.198. The van der Waals surface area contributed by atoms with E-state index in [9.17, 15) is 0 Å². The minimum Gasteiger partial charge on any atom is -0.370 e. The lowest BCUT2D eigenvalue weighted by Crippen LogP contribution is -2.58. The number of fused-ring (bicyclic) bond motifs is 1. The molecule has 0 aromatic carbocycles. The number of hydrogen-bond donors (Lipinski definition) is 1. The van der Waals surface area contributed by atoms with Gasteiger partial charge in [0.15, 0.2) is 5.96 Å². The van der Waals surface area contributed by atoms with Crippen molar-refractivity contribution < 1.29 is 0 Å². The number of aliphatic imine (C=N–C) groups is 1. The molecule has 0 aliphatic carbocycles. The van der Waals surface area contributed by atoms with Crippen LogP contribution in [0.1, 0.15) is 25.7 Å².